The number of hydrogen-bond acceptors (Lipinski definition) is 3. The van der Waals surface area contributed by atoms with Crippen molar-refractivity contribution in [2.45, 2.75) is 52.7 Å². The van der Waals surface area contributed by atoms with E-state index in [1.807, 2.05) is 20.0 Å². The second-order valence-corrected chi connectivity index (χ2v) is 4.46. The van der Waals surface area contributed by atoms with E-state index >= 15 is 0 Å². The normalized spacial score (nSPS) is 12.4. The Morgan fingerprint density at radius 3 is 2.47 bits per heavy atom. The second-order valence-electron chi connectivity index (χ2n) is 4.46. The molecule has 0 bridgehead atoms. The molecular formula is C11H21N3O. The quantitative estimate of drug-likeness (QED) is 0.809. The first-order valence-corrected chi connectivity index (χ1v) is 5.64. The Hall–Kier alpha value is -0.900. The maximum Gasteiger partial charge on any atom is 0.114 e. The number of aromatic nitrogens is 3. The molecule has 1 heterocycles. The molecule has 0 spiro atoms. The zero-order valence-electron chi connectivity index (χ0n) is 10.1. The predicted molar refractivity (Wildman–Crippen MR) is 59.3 cm³/mol. The molecule has 0 radical (unpaired) electrons. The summed E-state index contributed by atoms with van der Waals surface area (Å²) in [6.45, 7) is 9.03. The largest absolute Gasteiger partial charge is 0.383 e. The van der Waals surface area contributed by atoms with Crippen LogP contribution in [-0.4, -0.2) is 20.1 Å². The van der Waals surface area contributed by atoms with Gasteiger partial charge in [0.25, 0.3) is 0 Å². The number of nitrogens with zero attached hydrogens (tertiary/aromatic N) is 3. The monoisotopic (exact) mass is 211 g/mol. The zero-order chi connectivity index (χ0) is 11.5. The summed E-state index contributed by atoms with van der Waals surface area (Å²) in [6, 6.07) is 0. The Bertz CT molecular complexity index is 303. The van der Waals surface area contributed by atoms with E-state index in [2.05, 4.69) is 24.2 Å². The highest BCUT2D eigenvalue weighted by Gasteiger charge is 2.28. The van der Waals surface area contributed by atoms with Crippen molar-refractivity contribution >= 4 is 0 Å². The Balaban J connectivity index is 2.83. The molecule has 15 heavy (non-hydrogen) atoms. The van der Waals surface area contributed by atoms with E-state index in [4.69, 9.17) is 0 Å². The molecule has 0 aromatic carbocycles. The van der Waals surface area contributed by atoms with Gasteiger partial charge in [-0.05, 0) is 18.8 Å². The fraction of sp³-hybridized carbons (Fsp3) is 0.818. The summed E-state index contributed by atoms with van der Waals surface area (Å²) >= 11 is 0. The van der Waals surface area contributed by atoms with Crippen LogP contribution in [0.25, 0.3) is 0 Å². The molecule has 1 aromatic heterocycles. The Kier molecular flexibility index (Phi) is 3.85. The van der Waals surface area contributed by atoms with Gasteiger partial charge in [0.15, 0.2) is 0 Å². The van der Waals surface area contributed by atoms with Crippen LogP contribution >= 0.6 is 0 Å². The third kappa shape index (κ3) is 2.78. The summed E-state index contributed by atoms with van der Waals surface area (Å²) in [5.74, 6) is 0.538. The molecule has 0 saturated carbocycles. The van der Waals surface area contributed by atoms with Crippen LogP contribution in [0.2, 0.25) is 0 Å². The molecule has 0 amide bonds. The van der Waals surface area contributed by atoms with Crippen molar-refractivity contribution in [3.05, 3.63) is 11.9 Å². The van der Waals surface area contributed by atoms with Crippen LogP contribution in [0.15, 0.2) is 6.20 Å². The molecule has 0 fully saturated rings. The van der Waals surface area contributed by atoms with Gasteiger partial charge in [-0.3, -0.25) is 4.68 Å². The van der Waals surface area contributed by atoms with Crippen molar-refractivity contribution in [3.63, 3.8) is 0 Å². The van der Waals surface area contributed by atoms with Gasteiger partial charge in [0, 0.05) is 6.54 Å². The highest BCUT2D eigenvalue weighted by molar-refractivity contribution is 5.05. The van der Waals surface area contributed by atoms with Gasteiger partial charge < -0.3 is 5.11 Å². The molecule has 4 nitrogen and oxygen atoms in total. The average Bonchev–Trinajstić information content (AvgIpc) is 2.64. The first kappa shape index (κ1) is 12.2. The van der Waals surface area contributed by atoms with Crippen molar-refractivity contribution in [2.24, 2.45) is 5.92 Å². The zero-order valence-corrected chi connectivity index (χ0v) is 10.1. The minimum Gasteiger partial charge on any atom is -0.383 e. The van der Waals surface area contributed by atoms with Crippen LogP contribution in [0.5, 0.6) is 0 Å². The summed E-state index contributed by atoms with van der Waals surface area (Å²) in [5.41, 5.74) is -0.122. The van der Waals surface area contributed by atoms with Crippen LogP contribution in [-0.2, 0) is 12.1 Å². The summed E-state index contributed by atoms with van der Waals surface area (Å²) in [7, 11) is 0. The summed E-state index contributed by atoms with van der Waals surface area (Å²) < 4.78 is 1.80. The van der Waals surface area contributed by atoms with E-state index < -0.39 is 5.60 Å². The summed E-state index contributed by atoms with van der Waals surface area (Å²) in [6.07, 6.45) is 3.20. The highest BCUT2D eigenvalue weighted by Crippen LogP contribution is 2.26. The molecule has 1 aromatic rings. The molecule has 0 atom stereocenters. The Morgan fingerprint density at radius 2 is 2.00 bits per heavy atom. The van der Waals surface area contributed by atoms with Gasteiger partial charge in [-0.25, -0.2) is 0 Å². The fourth-order valence-corrected chi connectivity index (χ4v) is 1.59. The number of aliphatic hydroxyl groups is 1. The van der Waals surface area contributed by atoms with E-state index in [-0.39, 0.29) is 0 Å². The van der Waals surface area contributed by atoms with Gasteiger partial charge in [0.05, 0.1) is 6.20 Å². The minimum absolute atomic E-state index is 0.538. The van der Waals surface area contributed by atoms with E-state index in [9.17, 15) is 5.11 Å². The SMILES string of the molecule is CCC(O)(CC)c1cn(CC(C)C)nn1. The van der Waals surface area contributed by atoms with Crippen molar-refractivity contribution < 1.29 is 5.11 Å². The smallest absolute Gasteiger partial charge is 0.114 e. The minimum atomic E-state index is -0.810. The molecule has 0 aliphatic carbocycles. The van der Waals surface area contributed by atoms with Crippen LogP contribution in [0.1, 0.15) is 46.2 Å². The average molecular weight is 211 g/mol. The maximum atomic E-state index is 10.2. The molecule has 0 saturated heterocycles. The second kappa shape index (κ2) is 4.75. The van der Waals surface area contributed by atoms with E-state index in [1.54, 1.807) is 4.68 Å². The topological polar surface area (TPSA) is 50.9 Å². The van der Waals surface area contributed by atoms with Gasteiger partial charge in [0.1, 0.15) is 11.3 Å². The molecular weight excluding hydrogens is 190 g/mol. The summed E-state index contributed by atoms with van der Waals surface area (Å²) in [5, 5.41) is 18.3. The predicted octanol–water partition coefficient (Wildman–Crippen LogP) is 1.94. The standard InChI is InChI=1S/C11H21N3O/c1-5-11(15,6-2)10-8-14(13-12-10)7-9(3)4/h8-9,15H,5-7H2,1-4H3. The van der Waals surface area contributed by atoms with Crippen LogP contribution in [0.4, 0.5) is 0 Å². The molecule has 1 N–H and O–H groups in total. The first-order chi connectivity index (χ1) is 7.01. The van der Waals surface area contributed by atoms with Gasteiger partial charge in [-0.2, -0.15) is 0 Å². The first-order valence-electron chi connectivity index (χ1n) is 5.64. The van der Waals surface area contributed by atoms with Crippen molar-refractivity contribution in [3.8, 4) is 0 Å². The molecule has 0 aliphatic rings. The van der Waals surface area contributed by atoms with Crippen LogP contribution in [0, 0.1) is 5.92 Å². The molecule has 0 unspecified atom stereocenters. The third-order valence-corrected chi connectivity index (χ3v) is 2.74. The Morgan fingerprint density at radius 1 is 1.40 bits per heavy atom. The van der Waals surface area contributed by atoms with Gasteiger partial charge in [-0.1, -0.05) is 32.9 Å². The van der Waals surface area contributed by atoms with Gasteiger partial charge in [0.2, 0.25) is 0 Å². The Labute approximate surface area is 91.3 Å². The lowest BCUT2D eigenvalue weighted by Gasteiger charge is -2.21. The van der Waals surface area contributed by atoms with Gasteiger partial charge in [-0.15, -0.1) is 5.10 Å². The van der Waals surface area contributed by atoms with Crippen LogP contribution in [0.3, 0.4) is 0 Å². The lowest BCUT2D eigenvalue weighted by molar-refractivity contribution is 0.0239. The highest BCUT2D eigenvalue weighted by atomic mass is 16.3. The van der Waals surface area contributed by atoms with E-state index in [0.717, 1.165) is 6.54 Å². The molecule has 1 rings (SSSR count). The molecule has 4 heteroatoms. The lowest BCUT2D eigenvalue weighted by atomic mass is 9.94. The van der Waals surface area contributed by atoms with E-state index in [1.165, 1.54) is 0 Å². The fourth-order valence-electron chi connectivity index (χ4n) is 1.59. The number of rotatable bonds is 5. The number of hydrogen-bond donors (Lipinski definition) is 1. The summed E-state index contributed by atoms with van der Waals surface area (Å²) in [4.78, 5) is 0. The van der Waals surface area contributed by atoms with Crippen molar-refractivity contribution in [1.82, 2.24) is 15.0 Å². The lowest BCUT2D eigenvalue weighted by Crippen LogP contribution is -2.24. The maximum absolute atomic E-state index is 10.2. The van der Waals surface area contributed by atoms with Crippen molar-refractivity contribution in [1.29, 1.82) is 0 Å². The molecule has 86 valence electrons. The molecule has 0 aliphatic heterocycles. The van der Waals surface area contributed by atoms with E-state index in [0.29, 0.717) is 24.5 Å². The van der Waals surface area contributed by atoms with Crippen molar-refractivity contribution in [2.75, 3.05) is 0 Å². The van der Waals surface area contributed by atoms with Gasteiger partial charge >= 0.3 is 0 Å². The van der Waals surface area contributed by atoms with Crippen LogP contribution < -0.4 is 0 Å². The third-order valence-electron chi connectivity index (χ3n) is 2.74.